The summed E-state index contributed by atoms with van der Waals surface area (Å²) in [5.74, 6) is 2.09. The third-order valence-electron chi connectivity index (χ3n) is 3.88. The second-order valence-corrected chi connectivity index (χ2v) is 5.53. The van der Waals surface area contributed by atoms with Crippen LogP contribution >= 0.6 is 0 Å². The van der Waals surface area contributed by atoms with Crippen molar-refractivity contribution in [2.75, 3.05) is 26.2 Å². The smallest absolute Gasteiger partial charge is 0.118 e. The Kier molecular flexibility index (Phi) is 6.07. The molecule has 1 unspecified atom stereocenters. The minimum Gasteiger partial charge on any atom is -0.465 e. The lowest BCUT2D eigenvalue weighted by Gasteiger charge is -2.32. The number of aryl methyl sites for hydroxylation is 1. The average Bonchev–Trinajstić information content (AvgIpc) is 2.78. The van der Waals surface area contributed by atoms with E-state index in [0.29, 0.717) is 6.10 Å². The number of rotatable bonds is 7. The van der Waals surface area contributed by atoms with E-state index in [2.05, 4.69) is 37.1 Å². The Morgan fingerprint density at radius 3 is 3.05 bits per heavy atom. The van der Waals surface area contributed by atoms with Gasteiger partial charge in [-0.3, -0.25) is 4.90 Å². The molecule has 0 radical (unpaired) electrons. The summed E-state index contributed by atoms with van der Waals surface area (Å²) in [6.45, 7) is 12.0. The second kappa shape index (κ2) is 7.81. The zero-order valence-corrected chi connectivity index (χ0v) is 13.1. The van der Waals surface area contributed by atoms with Crippen molar-refractivity contribution >= 4 is 0 Å². The van der Waals surface area contributed by atoms with E-state index in [1.807, 2.05) is 0 Å². The summed E-state index contributed by atoms with van der Waals surface area (Å²) in [7, 11) is 0. The van der Waals surface area contributed by atoms with Crippen LogP contribution in [0.25, 0.3) is 0 Å². The molecule has 1 aromatic rings. The average molecular weight is 280 g/mol. The van der Waals surface area contributed by atoms with Crippen molar-refractivity contribution in [1.29, 1.82) is 0 Å². The first-order valence-corrected chi connectivity index (χ1v) is 7.85. The molecule has 1 N–H and O–H groups in total. The van der Waals surface area contributed by atoms with E-state index in [0.717, 1.165) is 50.9 Å². The van der Waals surface area contributed by atoms with E-state index >= 15 is 0 Å². The Morgan fingerprint density at radius 1 is 1.45 bits per heavy atom. The Hall–Kier alpha value is -0.840. The quantitative estimate of drug-likeness (QED) is 0.833. The number of piperidine rings is 1. The summed E-state index contributed by atoms with van der Waals surface area (Å²) in [5, 5.41) is 3.31. The van der Waals surface area contributed by atoms with Crippen LogP contribution in [0.5, 0.6) is 0 Å². The summed E-state index contributed by atoms with van der Waals surface area (Å²) < 4.78 is 11.6. The fourth-order valence-electron chi connectivity index (χ4n) is 2.85. The van der Waals surface area contributed by atoms with Gasteiger partial charge in [-0.2, -0.15) is 0 Å². The zero-order chi connectivity index (χ0) is 14.4. The molecule has 2 rings (SSSR count). The first kappa shape index (κ1) is 15.5. The molecule has 0 aliphatic carbocycles. The molecule has 0 bridgehead atoms. The molecular weight excluding hydrogens is 252 g/mol. The first-order valence-electron chi connectivity index (χ1n) is 7.85. The van der Waals surface area contributed by atoms with Gasteiger partial charge in [0.15, 0.2) is 0 Å². The highest BCUT2D eigenvalue weighted by Gasteiger charge is 2.21. The third-order valence-corrected chi connectivity index (χ3v) is 3.88. The maximum Gasteiger partial charge on any atom is 0.118 e. The Morgan fingerprint density at radius 2 is 2.30 bits per heavy atom. The number of nitrogens with one attached hydrogen (secondary N) is 1. The number of hydrogen-bond donors (Lipinski definition) is 1. The highest BCUT2D eigenvalue weighted by molar-refractivity contribution is 5.20. The van der Waals surface area contributed by atoms with Crippen molar-refractivity contribution in [3.05, 3.63) is 23.2 Å². The number of likely N-dealkylation sites (tertiary alicyclic amines) is 1. The molecule has 2 heterocycles. The SMILES string of the molecule is CCNCc1cc(CN2CCCC(OCC)C2)c(C)o1. The fourth-order valence-corrected chi connectivity index (χ4v) is 2.85. The van der Waals surface area contributed by atoms with Crippen LogP contribution in [0.4, 0.5) is 0 Å². The molecule has 0 amide bonds. The predicted octanol–water partition coefficient (Wildman–Crippen LogP) is 2.70. The maximum atomic E-state index is 5.81. The largest absolute Gasteiger partial charge is 0.465 e. The van der Waals surface area contributed by atoms with Crippen molar-refractivity contribution in [3.63, 3.8) is 0 Å². The molecule has 4 nitrogen and oxygen atoms in total. The van der Waals surface area contributed by atoms with Gasteiger partial charge in [-0.15, -0.1) is 0 Å². The lowest BCUT2D eigenvalue weighted by atomic mass is 10.1. The molecule has 114 valence electrons. The Balaban J connectivity index is 1.90. The van der Waals surface area contributed by atoms with Crippen molar-refractivity contribution in [3.8, 4) is 0 Å². The fraction of sp³-hybridized carbons (Fsp3) is 0.750. The zero-order valence-electron chi connectivity index (χ0n) is 13.1. The Labute approximate surface area is 122 Å². The number of hydrogen-bond acceptors (Lipinski definition) is 4. The molecule has 1 aromatic heterocycles. The van der Waals surface area contributed by atoms with E-state index in [-0.39, 0.29) is 0 Å². The molecule has 0 spiro atoms. The van der Waals surface area contributed by atoms with Gasteiger partial charge in [-0.1, -0.05) is 6.92 Å². The summed E-state index contributed by atoms with van der Waals surface area (Å²) in [5.41, 5.74) is 1.31. The van der Waals surface area contributed by atoms with Gasteiger partial charge < -0.3 is 14.5 Å². The lowest BCUT2D eigenvalue weighted by molar-refractivity contribution is 0.00352. The summed E-state index contributed by atoms with van der Waals surface area (Å²) in [6.07, 6.45) is 2.83. The van der Waals surface area contributed by atoms with Crippen LogP contribution in [-0.4, -0.2) is 37.2 Å². The van der Waals surface area contributed by atoms with E-state index < -0.39 is 0 Å². The van der Waals surface area contributed by atoms with Crippen LogP contribution in [0.15, 0.2) is 10.5 Å². The van der Waals surface area contributed by atoms with Gasteiger partial charge in [0.1, 0.15) is 11.5 Å². The highest BCUT2D eigenvalue weighted by Crippen LogP contribution is 2.20. The molecular formula is C16H28N2O2. The molecule has 1 saturated heterocycles. The number of furan rings is 1. The lowest BCUT2D eigenvalue weighted by Crippen LogP contribution is -2.39. The van der Waals surface area contributed by atoms with Crippen LogP contribution < -0.4 is 5.32 Å². The summed E-state index contributed by atoms with van der Waals surface area (Å²) >= 11 is 0. The van der Waals surface area contributed by atoms with E-state index in [1.54, 1.807) is 0 Å². The second-order valence-electron chi connectivity index (χ2n) is 5.53. The maximum absolute atomic E-state index is 5.81. The van der Waals surface area contributed by atoms with E-state index in [9.17, 15) is 0 Å². The van der Waals surface area contributed by atoms with Crippen LogP contribution in [0.2, 0.25) is 0 Å². The molecule has 1 aliphatic heterocycles. The van der Waals surface area contributed by atoms with Crippen LogP contribution in [0.1, 0.15) is 43.8 Å². The molecule has 0 aromatic carbocycles. The standard InChI is InChI=1S/C16H28N2O2/c1-4-17-10-16-9-14(13(3)20-16)11-18-8-6-7-15(12-18)19-5-2/h9,15,17H,4-8,10-12H2,1-3H3. The minimum atomic E-state index is 0.405. The molecule has 1 atom stereocenters. The Bertz CT molecular complexity index is 401. The number of ether oxygens (including phenoxy) is 1. The van der Waals surface area contributed by atoms with Gasteiger partial charge >= 0.3 is 0 Å². The summed E-state index contributed by atoms with van der Waals surface area (Å²) in [6, 6.07) is 2.20. The van der Waals surface area contributed by atoms with Crippen molar-refractivity contribution in [2.45, 2.75) is 52.8 Å². The van der Waals surface area contributed by atoms with Crippen LogP contribution in [0, 0.1) is 6.92 Å². The van der Waals surface area contributed by atoms with Crippen molar-refractivity contribution in [2.24, 2.45) is 0 Å². The van der Waals surface area contributed by atoms with E-state index in [1.165, 1.54) is 18.4 Å². The molecule has 0 saturated carbocycles. The highest BCUT2D eigenvalue weighted by atomic mass is 16.5. The van der Waals surface area contributed by atoms with Crippen LogP contribution in [-0.2, 0) is 17.8 Å². The minimum absolute atomic E-state index is 0.405. The molecule has 20 heavy (non-hydrogen) atoms. The van der Waals surface area contributed by atoms with Crippen molar-refractivity contribution in [1.82, 2.24) is 10.2 Å². The molecule has 4 heteroatoms. The predicted molar refractivity (Wildman–Crippen MR) is 80.8 cm³/mol. The van der Waals surface area contributed by atoms with E-state index in [4.69, 9.17) is 9.15 Å². The van der Waals surface area contributed by atoms with Gasteiger partial charge in [0, 0.05) is 25.3 Å². The summed E-state index contributed by atoms with van der Waals surface area (Å²) in [4.78, 5) is 2.48. The normalized spacial score (nSPS) is 20.4. The topological polar surface area (TPSA) is 37.6 Å². The molecule has 1 aliphatic rings. The third kappa shape index (κ3) is 4.33. The number of nitrogens with zero attached hydrogens (tertiary/aromatic N) is 1. The monoisotopic (exact) mass is 280 g/mol. The molecule has 1 fully saturated rings. The van der Waals surface area contributed by atoms with Gasteiger partial charge in [0.2, 0.25) is 0 Å². The van der Waals surface area contributed by atoms with Gasteiger partial charge in [-0.05, 0) is 45.8 Å². The van der Waals surface area contributed by atoms with Gasteiger partial charge in [-0.25, -0.2) is 0 Å². The van der Waals surface area contributed by atoms with Gasteiger partial charge in [0.05, 0.1) is 12.6 Å². The van der Waals surface area contributed by atoms with Gasteiger partial charge in [0.25, 0.3) is 0 Å². The van der Waals surface area contributed by atoms with Crippen molar-refractivity contribution < 1.29 is 9.15 Å². The van der Waals surface area contributed by atoms with Crippen LogP contribution in [0.3, 0.4) is 0 Å². The first-order chi connectivity index (χ1) is 9.72.